The van der Waals surface area contributed by atoms with E-state index in [1.54, 1.807) is 14.2 Å². The first kappa shape index (κ1) is 18.1. The SMILES string of the molecule is COc1cc(C)c(C(CI)c2c(C)cc(OC)cc2C)c(C)c1. The summed E-state index contributed by atoms with van der Waals surface area (Å²) in [6.45, 7) is 8.72. The van der Waals surface area contributed by atoms with Crippen LogP contribution >= 0.6 is 22.6 Å². The molecule has 0 fully saturated rings. The van der Waals surface area contributed by atoms with Gasteiger partial charge in [0.15, 0.2) is 0 Å². The topological polar surface area (TPSA) is 18.5 Å². The minimum absolute atomic E-state index is 0.382. The fraction of sp³-hybridized carbons (Fsp3) is 0.400. The lowest BCUT2D eigenvalue weighted by Gasteiger charge is -2.25. The molecule has 0 aliphatic heterocycles. The Morgan fingerprint density at radius 2 is 1.04 bits per heavy atom. The summed E-state index contributed by atoms with van der Waals surface area (Å²) in [5.74, 6) is 2.24. The molecular formula is C20H25IO2. The fourth-order valence-corrected chi connectivity index (χ4v) is 4.38. The fourth-order valence-electron chi connectivity index (χ4n) is 3.50. The smallest absolute Gasteiger partial charge is 0.119 e. The summed E-state index contributed by atoms with van der Waals surface area (Å²) in [6.07, 6.45) is 0. The van der Waals surface area contributed by atoms with Gasteiger partial charge in [-0.1, -0.05) is 22.6 Å². The minimum Gasteiger partial charge on any atom is -0.497 e. The van der Waals surface area contributed by atoms with Crippen LogP contribution in [-0.2, 0) is 0 Å². The zero-order chi connectivity index (χ0) is 17.1. The third-order valence-corrected chi connectivity index (χ3v) is 5.34. The monoisotopic (exact) mass is 424 g/mol. The average Bonchev–Trinajstić information content (AvgIpc) is 2.51. The molecule has 0 saturated carbocycles. The number of rotatable bonds is 5. The Bertz CT molecular complexity index is 601. The predicted octanol–water partition coefficient (Wildman–Crippen LogP) is 5.50. The van der Waals surface area contributed by atoms with Gasteiger partial charge < -0.3 is 9.47 Å². The Balaban J connectivity index is 2.62. The molecule has 0 aliphatic carbocycles. The second-order valence-corrected chi connectivity index (χ2v) is 6.94. The van der Waals surface area contributed by atoms with Crippen LogP contribution in [-0.4, -0.2) is 18.6 Å². The van der Waals surface area contributed by atoms with Crippen LogP contribution in [0, 0.1) is 27.7 Å². The van der Waals surface area contributed by atoms with Crippen molar-refractivity contribution in [1.82, 2.24) is 0 Å². The molecular weight excluding hydrogens is 399 g/mol. The molecule has 0 atom stereocenters. The van der Waals surface area contributed by atoms with E-state index in [1.807, 2.05) is 0 Å². The molecule has 3 heteroatoms. The number of benzene rings is 2. The molecule has 124 valence electrons. The minimum atomic E-state index is 0.382. The van der Waals surface area contributed by atoms with Crippen molar-refractivity contribution in [2.45, 2.75) is 33.6 Å². The molecule has 2 aromatic carbocycles. The summed E-state index contributed by atoms with van der Waals surface area (Å²) in [6, 6.07) is 8.54. The molecule has 0 spiro atoms. The number of hydrogen-bond donors (Lipinski definition) is 0. The van der Waals surface area contributed by atoms with Crippen LogP contribution in [0.5, 0.6) is 11.5 Å². The van der Waals surface area contributed by atoms with Crippen molar-refractivity contribution >= 4 is 22.6 Å². The number of hydrogen-bond acceptors (Lipinski definition) is 2. The van der Waals surface area contributed by atoms with Gasteiger partial charge in [0.2, 0.25) is 0 Å². The van der Waals surface area contributed by atoms with Crippen molar-refractivity contribution in [3.63, 3.8) is 0 Å². The zero-order valence-corrected chi connectivity index (χ0v) is 16.9. The van der Waals surface area contributed by atoms with Crippen molar-refractivity contribution in [2.24, 2.45) is 0 Å². The van der Waals surface area contributed by atoms with Gasteiger partial charge in [0.1, 0.15) is 11.5 Å². The van der Waals surface area contributed by atoms with Crippen LogP contribution in [0.25, 0.3) is 0 Å². The highest BCUT2D eigenvalue weighted by Crippen LogP contribution is 2.38. The van der Waals surface area contributed by atoms with Crippen LogP contribution in [0.2, 0.25) is 0 Å². The molecule has 0 bridgehead atoms. The number of alkyl halides is 1. The van der Waals surface area contributed by atoms with Crippen LogP contribution in [0.4, 0.5) is 0 Å². The Morgan fingerprint density at radius 3 is 1.26 bits per heavy atom. The number of halogens is 1. The summed E-state index contributed by atoms with van der Waals surface area (Å²) in [5, 5.41) is 0. The second-order valence-electron chi connectivity index (χ2n) is 6.06. The van der Waals surface area contributed by atoms with E-state index < -0.39 is 0 Å². The highest BCUT2D eigenvalue weighted by atomic mass is 127. The van der Waals surface area contributed by atoms with E-state index in [4.69, 9.17) is 9.47 Å². The van der Waals surface area contributed by atoms with E-state index in [2.05, 4.69) is 74.6 Å². The summed E-state index contributed by atoms with van der Waals surface area (Å²) >= 11 is 2.50. The summed E-state index contributed by atoms with van der Waals surface area (Å²) in [4.78, 5) is 0. The van der Waals surface area contributed by atoms with Gasteiger partial charge in [-0.15, -0.1) is 0 Å². The van der Waals surface area contributed by atoms with E-state index >= 15 is 0 Å². The lowest BCUT2D eigenvalue weighted by Crippen LogP contribution is -2.11. The third kappa shape index (κ3) is 3.65. The van der Waals surface area contributed by atoms with Gasteiger partial charge in [-0.2, -0.15) is 0 Å². The molecule has 0 N–H and O–H groups in total. The molecule has 0 heterocycles. The highest BCUT2D eigenvalue weighted by Gasteiger charge is 2.22. The van der Waals surface area contributed by atoms with Crippen molar-refractivity contribution in [3.05, 3.63) is 57.6 Å². The number of methoxy groups -OCH3 is 2. The van der Waals surface area contributed by atoms with Gasteiger partial charge in [0.25, 0.3) is 0 Å². The third-order valence-electron chi connectivity index (χ3n) is 4.46. The van der Waals surface area contributed by atoms with Gasteiger partial charge in [0.05, 0.1) is 14.2 Å². The highest BCUT2D eigenvalue weighted by molar-refractivity contribution is 14.1. The van der Waals surface area contributed by atoms with Crippen LogP contribution in [0.1, 0.15) is 39.3 Å². The van der Waals surface area contributed by atoms with Crippen molar-refractivity contribution < 1.29 is 9.47 Å². The molecule has 0 saturated heterocycles. The van der Waals surface area contributed by atoms with Crippen molar-refractivity contribution in [3.8, 4) is 11.5 Å². The average molecular weight is 424 g/mol. The predicted molar refractivity (Wildman–Crippen MR) is 106 cm³/mol. The van der Waals surface area contributed by atoms with E-state index in [9.17, 15) is 0 Å². The number of ether oxygens (including phenoxy) is 2. The van der Waals surface area contributed by atoms with E-state index in [1.165, 1.54) is 33.4 Å². The molecule has 0 amide bonds. The molecule has 0 aliphatic rings. The quantitative estimate of drug-likeness (QED) is 0.466. The molecule has 0 unspecified atom stereocenters. The Labute approximate surface area is 153 Å². The molecule has 23 heavy (non-hydrogen) atoms. The molecule has 2 rings (SSSR count). The van der Waals surface area contributed by atoms with Crippen LogP contribution in [0.15, 0.2) is 24.3 Å². The standard InChI is InChI=1S/C20H25IO2/c1-12-7-16(22-5)8-13(2)19(12)18(11-21)20-14(3)9-17(23-6)10-15(20)4/h7-10,18H,11H2,1-6H3. The van der Waals surface area contributed by atoms with Gasteiger partial charge >= 0.3 is 0 Å². The van der Waals surface area contributed by atoms with E-state index in [0.717, 1.165) is 15.9 Å². The van der Waals surface area contributed by atoms with Gasteiger partial charge in [-0.3, -0.25) is 0 Å². The maximum Gasteiger partial charge on any atom is 0.119 e. The molecule has 2 aromatic rings. The van der Waals surface area contributed by atoms with E-state index in [-0.39, 0.29) is 0 Å². The molecule has 0 aromatic heterocycles. The summed E-state index contributed by atoms with van der Waals surface area (Å²) < 4.78 is 11.9. The van der Waals surface area contributed by atoms with Gasteiger partial charge in [-0.05, 0) is 85.3 Å². The maximum atomic E-state index is 5.41. The van der Waals surface area contributed by atoms with Gasteiger partial charge in [0, 0.05) is 10.3 Å². The first-order valence-electron chi connectivity index (χ1n) is 7.79. The Morgan fingerprint density at radius 1 is 0.739 bits per heavy atom. The van der Waals surface area contributed by atoms with Crippen molar-refractivity contribution in [2.75, 3.05) is 18.6 Å². The summed E-state index contributed by atoms with van der Waals surface area (Å²) in [5.41, 5.74) is 7.99. The zero-order valence-electron chi connectivity index (χ0n) is 14.8. The Kier molecular flexibility index (Phi) is 5.95. The van der Waals surface area contributed by atoms with Crippen molar-refractivity contribution in [1.29, 1.82) is 0 Å². The first-order valence-corrected chi connectivity index (χ1v) is 9.31. The van der Waals surface area contributed by atoms with E-state index in [0.29, 0.717) is 5.92 Å². The largest absolute Gasteiger partial charge is 0.497 e. The van der Waals surface area contributed by atoms with Crippen LogP contribution in [0.3, 0.4) is 0 Å². The lowest BCUT2D eigenvalue weighted by molar-refractivity contribution is 0.413. The molecule has 0 radical (unpaired) electrons. The second kappa shape index (κ2) is 7.56. The summed E-state index contributed by atoms with van der Waals surface area (Å²) in [7, 11) is 3.45. The molecule has 2 nitrogen and oxygen atoms in total. The first-order chi connectivity index (χ1) is 10.9. The Hall–Kier alpha value is -1.23. The number of aryl methyl sites for hydroxylation is 4. The van der Waals surface area contributed by atoms with Crippen LogP contribution < -0.4 is 9.47 Å². The normalized spacial score (nSPS) is 11.0. The lowest BCUT2D eigenvalue weighted by atomic mass is 9.82. The maximum absolute atomic E-state index is 5.41. The van der Waals surface area contributed by atoms with Gasteiger partial charge in [-0.25, -0.2) is 0 Å².